The maximum atomic E-state index is 13.0. The molecule has 1 aromatic carbocycles. The van der Waals surface area contributed by atoms with Crippen molar-refractivity contribution in [1.82, 2.24) is 0 Å². The summed E-state index contributed by atoms with van der Waals surface area (Å²) in [6, 6.07) is 2.79. The Balaban J connectivity index is 3.37. The molecule has 0 unspecified atom stereocenters. The zero-order valence-electron chi connectivity index (χ0n) is 6.20. The van der Waals surface area contributed by atoms with Gasteiger partial charge >= 0.3 is 0 Å². The molecule has 12 heavy (non-hydrogen) atoms. The lowest BCUT2D eigenvalue weighted by Gasteiger charge is -2.00. The Bertz CT molecular complexity index is 336. The first-order valence-electron chi connectivity index (χ1n) is 3.18. The average molecular weight is 207 g/mol. The second kappa shape index (κ2) is 3.42. The number of carbonyl (C=O) groups is 1. The lowest BCUT2D eigenvalue weighted by atomic mass is 10.1. The van der Waals surface area contributed by atoms with E-state index in [1.807, 2.05) is 0 Å². The number of halogens is 3. The standard InChI is InChI=1S/C8H5Cl2FO/c1-4-2-5(8(10)12)7(11)6(9)3-4/h2-3H,1H3. The van der Waals surface area contributed by atoms with Crippen molar-refractivity contribution in [1.29, 1.82) is 0 Å². The number of hydrogen-bond donors (Lipinski definition) is 0. The van der Waals surface area contributed by atoms with Crippen LogP contribution in [0.25, 0.3) is 0 Å². The van der Waals surface area contributed by atoms with Gasteiger partial charge in [0.25, 0.3) is 5.24 Å². The van der Waals surface area contributed by atoms with Gasteiger partial charge in [-0.2, -0.15) is 0 Å². The third kappa shape index (κ3) is 1.76. The fourth-order valence-corrected chi connectivity index (χ4v) is 1.28. The molecule has 0 saturated heterocycles. The van der Waals surface area contributed by atoms with E-state index in [1.54, 1.807) is 6.92 Å². The van der Waals surface area contributed by atoms with E-state index in [2.05, 4.69) is 0 Å². The Morgan fingerprint density at radius 1 is 1.50 bits per heavy atom. The van der Waals surface area contributed by atoms with Crippen molar-refractivity contribution >= 4 is 28.4 Å². The van der Waals surface area contributed by atoms with Crippen LogP contribution >= 0.6 is 23.2 Å². The minimum Gasteiger partial charge on any atom is -0.275 e. The molecule has 1 nitrogen and oxygen atoms in total. The predicted octanol–water partition coefficient (Wildman–Crippen LogP) is 3.17. The molecule has 0 aliphatic carbocycles. The van der Waals surface area contributed by atoms with Crippen molar-refractivity contribution in [3.8, 4) is 0 Å². The van der Waals surface area contributed by atoms with Crippen LogP contribution in [0, 0.1) is 12.7 Å². The topological polar surface area (TPSA) is 17.1 Å². The first-order valence-corrected chi connectivity index (χ1v) is 3.93. The van der Waals surface area contributed by atoms with E-state index in [-0.39, 0.29) is 10.6 Å². The number of benzene rings is 1. The van der Waals surface area contributed by atoms with Crippen molar-refractivity contribution in [2.75, 3.05) is 0 Å². The SMILES string of the molecule is Cc1cc(Cl)c(F)c(C(=O)Cl)c1. The minimum absolute atomic E-state index is 0.0843. The van der Waals surface area contributed by atoms with Crippen LogP contribution in [0.5, 0.6) is 0 Å². The van der Waals surface area contributed by atoms with Gasteiger partial charge < -0.3 is 0 Å². The Hall–Kier alpha value is -0.600. The van der Waals surface area contributed by atoms with Crippen molar-refractivity contribution in [2.24, 2.45) is 0 Å². The molecule has 0 fully saturated rings. The van der Waals surface area contributed by atoms with E-state index < -0.39 is 11.1 Å². The molecule has 64 valence electrons. The summed E-state index contributed by atoms with van der Waals surface area (Å²) >= 11 is 10.6. The van der Waals surface area contributed by atoms with E-state index in [4.69, 9.17) is 23.2 Å². The highest BCUT2D eigenvalue weighted by Gasteiger charge is 2.12. The fraction of sp³-hybridized carbons (Fsp3) is 0.125. The second-order valence-electron chi connectivity index (χ2n) is 2.38. The van der Waals surface area contributed by atoms with Crippen LogP contribution < -0.4 is 0 Å². The van der Waals surface area contributed by atoms with Gasteiger partial charge in [-0.15, -0.1) is 0 Å². The van der Waals surface area contributed by atoms with Crippen LogP contribution in [0.1, 0.15) is 15.9 Å². The molecule has 0 N–H and O–H groups in total. The molecule has 1 aromatic rings. The quantitative estimate of drug-likeness (QED) is 0.646. The third-order valence-electron chi connectivity index (χ3n) is 1.38. The summed E-state index contributed by atoms with van der Waals surface area (Å²) in [5.41, 5.74) is 0.520. The first-order chi connectivity index (χ1) is 5.52. The summed E-state index contributed by atoms with van der Waals surface area (Å²) in [6.07, 6.45) is 0. The summed E-state index contributed by atoms with van der Waals surface area (Å²) in [7, 11) is 0. The maximum Gasteiger partial charge on any atom is 0.255 e. The molecule has 0 aliphatic heterocycles. The van der Waals surface area contributed by atoms with E-state index in [1.165, 1.54) is 12.1 Å². The van der Waals surface area contributed by atoms with Gasteiger partial charge in [-0.1, -0.05) is 11.6 Å². The summed E-state index contributed by atoms with van der Waals surface area (Å²) in [6.45, 7) is 1.70. The number of rotatable bonds is 1. The van der Waals surface area contributed by atoms with Crippen LogP contribution in [0.3, 0.4) is 0 Å². The molecule has 1 rings (SSSR count). The van der Waals surface area contributed by atoms with Gasteiger partial charge in [-0.05, 0) is 36.2 Å². The third-order valence-corrected chi connectivity index (χ3v) is 1.86. The van der Waals surface area contributed by atoms with Gasteiger partial charge in [0.2, 0.25) is 0 Å². The van der Waals surface area contributed by atoms with E-state index >= 15 is 0 Å². The van der Waals surface area contributed by atoms with Crippen LogP contribution in [0.4, 0.5) is 4.39 Å². The summed E-state index contributed by atoms with van der Waals surface area (Å²) < 4.78 is 13.0. The molecular formula is C8H5Cl2FO. The Labute approximate surface area is 79.1 Å². The molecule has 0 aliphatic rings. The zero-order valence-corrected chi connectivity index (χ0v) is 7.71. The van der Waals surface area contributed by atoms with Crippen molar-refractivity contribution in [3.63, 3.8) is 0 Å². The molecule has 0 heterocycles. The first kappa shape index (κ1) is 9.49. The van der Waals surface area contributed by atoms with Crippen LogP contribution in [0.15, 0.2) is 12.1 Å². The van der Waals surface area contributed by atoms with Gasteiger partial charge in [0.1, 0.15) is 0 Å². The van der Waals surface area contributed by atoms with E-state index in [9.17, 15) is 9.18 Å². The molecule has 0 amide bonds. The van der Waals surface area contributed by atoms with Crippen molar-refractivity contribution in [3.05, 3.63) is 34.1 Å². The lowest BCUT2D eigenvalue weighted by molar-refractivity contribution is 0.107. The van der Waals surface area contributed by atoms with E-state index in [0.29, 0.717) is 5.56 Å². The summed E-state index contributed by atoms with van der Waals surface area (Å²) in [4.78, 5) is 10.6. The fourth-order valence-electron chi connectivity index (χ4n) is 0.868. The monoisotopic (exact) mass is 206 g/mol. The highest BCUT2D eigenvalue weighted by molar-refractivity contribution is 6.67. The molecule has 0 radical (unpaired) electrons. The van der Waals surface area contributed by atoms with Gasteiger partial charge in [0.05, 0.1) is 10.6 Å². The Morgan fingerprint density at radius 2 is 2.08 bits per heavy atom. The molecule has 0 atom stereocenters. The normalized spacial score (nSPS) is 10.0. The molecular weight excluding hydrogens is 202 g/mol. The van der Waals surface area contributed by atoms with Crippen LogP contribution in [0.2, 0.25) is 5.02 Å². The Kier molecular flexibility index (Phi) is 2.70. The second-order valence-corrected chi connectivity index (χ2v) is 3.13. The highest BCUT2D eigenvalue weighted by Crippen LogP contribution is 2.21. The average Bonchev–Trinajstić information content (AvgIpc) is 1.96. The maximum absolute atomic E-state index is 13.0. The van der Waals surface area contributed by atoms with Gasteiger partial charge in [0.15, 0.2) is 5.82 Å². The summed E-state index contributed by atoms with van der Waals surface area (Å²) in [5, 5.41) is -0.919. The molecule has 4 heteroatoms. The van der Waals surface area contributed by atoms with Gasteiger partial charge in [-0.3, -0.25) is 4.79 Å². The van der Waals surface area contributed by atoms with E-state index in [0.717, 1.165) is 0 Å². The zero-order chi connectivity index (χ0) is 9.30. The minimum atomic E-state index is -0.835. The highest BCUT2D eigenvalue weighted by atomic mass is 35.5. The van der Waals surface area contributed by atoms with Crippen LogP contribution in [-0.2, 0) is 0 Å². The predicted molar refractivity (Wildman–Crippen MR) is 46.3 cm³/mol. The molecule has 0 aromatic heterocycles. The summed E-state index contributed by atoms with van der Waals surface area (Å²) in [5.74, 6) is -0.762. The van der Waals surface area contributed by atoms with Gasteiger partial charge in [-0.25, -0.2) is 4.39 Å². The number of carbonyl (C=O) groups excluding carboxylic acids is 1. The molecule has 0 saturated carbocycles. The molecule has 0 spiro atoms. The molecule has 0 bridgehead atoms. The van der Waals surface area contributed by atoms with Crippen molar-refractivity contribution < 1.29 is 9.18 Å². The van der Waals surface area contributed by atoms with Crippen LogP contribution in [-0.4, -0.2) is 5.24 Å². The number of aryl methyl sites for hydroxylation is 1. The number of hydrogen-bond acceptors (Lipinski definition) is 1. The smallest absolute Gasteiger partial charge is 0.255 e. The van der Waals surface area contributed by atoms with Gasteiger partial charge in [0, 0.05) is 0 Å². The Morgan fingerprint density at radius 3 is 2.58 bits per heavy atom. The largest absolute Gasteiger partial charge is 0.275 e. The van der Waals surface area contributed by atoms with Crippen molar-refractivity contribution in [2.45, 2.75) is 6.92 Å². The lowest BCUT2D eigenvalue weighted by Crippen LogP contribution is -1.96.